The number of aromatic nitrogens is 1. The number of aryl methyl sites for hydroxylation is 2. The molecular weight excluding hydrogens is 408 g/mol. The number of fused-ring (bicyclic) bond motifs is 2. The summed E-state index contributed by atoms with van der Waals surface area (Å²) in [6.45, 7) is 5.83. The second-order valence-electron chi connectivity index (χ2n) is 6.83. The van der Waals surface area contributed by atoms with Crippen LogP contribution in [0.15, 0.2) is 41.0 Å². The zero-order valence-electron chi connectivity index (χ0n) is 16.4. The van der Waals surface area contributed by atoms with Crippen molar-refractivity contribution in [1.29, 1.82) is 0 Å². The molecule has 0 saturated heterocycles. The van der Waals surface area contributed by atoms with Gasteiger partial charge in [-0.15, -0.1) is 0 Å². The Morgan fingerprint density at radius 1 is 1.31 bits per heavy atom. The molecule has 0 atom stereocenters. The molecule has 0 radical (unpaired) electrons. The number of carbonyl (C=O) groups is 1. The van der Waals surface area contributed by atoms with Crippen LogP contribution in [0.25, 0.3) is 26.8 Å². The maximum Gasteiger partial charge on any atom is 0.250 e. The molecule has 1 amide bonds. The maximum absolute atomic E-state index is 12.6. The lowest BCUT2D eigenvalue weighted by Crippen LogP contribution is -2.08. The molecule has 0 aliphatic heterocycles. The highest BCUT2D eigenvalue weighted by Crippen LogP contribution is 2.37. The third-order valence-corrected chi connectivity index (χ3v) is 5.96. The van der Waals surface area contributed by atoms with Crippen LogP contribution in [-0.2, 0) is 4.79 Å². The summed E-state index contributed by atoms with van der Waals surface area (Å²) in [5, 5.41) is 5.01. The number of ether oxygens (including phenoxy) is 1. The van der Waals surface area contributed by atoms with E-state index in [1.165, 1.54) is 11.3 Å². The Hall–Kier alpha value is -2.83. The van der Waals surface area contributed by atoms with Gasteiger partial charge < -0.3 is 9.15 Å². The number of benzene rings is 2. The monoisotopic (exact) mass is 426 g/mol. The zero-order valence-corrected chi connectivity index (χ0v) is 18.0. The van der Waals surface area contributed by atoms with E-state index in [9.17, 15) is 4.79 Å². The van der Waals surface area contributed by atoms with Crippen molar-refractivity contribution in [1.82, 2.24) is 4.98 Å². The van der Waals surface area contributed by atoms with Gasteiger partial charge in [0.1, 0.15) is 11.3 Å². The Balaban J connectivity index is 1.66. The topological polar surface area (TPSA) is 64.4 Å². The van der Waals surface area contributed by atoms with Gasteiger partial charge in [-0.1, -0.05) is 22.9 Å². The van der Waals surface area contributed by atoms with Crippen LogP contribution in [0.5, 0.6) is 5.75 Å². The first-order valence-corrected chi connectivity index (χ1v) is 10.2. The van der Waals surface area contributed by atoms with E-state index < -0.39 is 0 Å². The van der Waals surface area contributed by atoms with Crippen LogP contribution in [0.4, 0.5) is 5.13 Å². The number of methoxy groups -OCH3 is 1. The lowest BCUT2D eigenvalue weighted by Gasteiger charge is -2.13. The minimum Gasteiger partial charge on any atom is -0.496 e. The fraction of sp³-hybridized carbons (Fsp3) is 0.182. The first kappa shape index (κ1) is 19.5. The highest BCUT2D eigenvalue weighted by molar-refractivity contribution is 7.22. The normalized spacial score (nSPS) is 12.0. The number of amides is 1. The summed E-state index contributed by atoms with van der Waals surface area (Å²) in [7, 11) is 1.62. The number of thiazole rings is 1. The molecule has 0 aliphatic carbocycles. The molecule has 1 N–H and O–H groups in total. The lowest BCUT2D eigenvalue weighted by molar-refractivity contribution is -0.111. The first-order valence-electron chi connectivity index (χ1n) is 8.98. The van der Waals surface area contributed by atoms with Gasteiger partial charge in [0.25, 0.3) is 0 Å². The second-order valence-corrected chi connectivity index (χ2v) is 8.29. The third-order valence-electron chi connectivity index (χ3n) is 4.79. The standard InChI is InChI=1S/C22H19ClN2O3S/c1-11(15-9-16-12(2)10-28-21(16)13(3)20(15)27-4)7-19(26)25-22-24-17-6-5-14(23)8-18(17)29-22/h5-10H,1-4H3,(H,24,25,26)/b11-7+. The molecule has 148 valence electrons. The summed E-state index contributed by atoms with van der Waals surface area (Å²) in [6, 6.07) is 7.45. The fourth-order valence-electron chi connectivity index (χ4n) is 3.36. The lowest BCUT2D eigenvalue weighted by atomic mass is 9.98. The highest BCUT2D eigenvalue weighted by Gasteiger charge is 2.17. The Bertz CT molecular complexity index is 1290. The number of anilines is 1. The van der Waals surface area contributed by atoms with E-state index in [0.717, 1.165) is 43.4 Å². The van der Waals surface area contributed by atoms with Gasteiger partial charge in [0, 0.05) is 27.6 Å². The van der Waals surface area contributed by atoms with E-state index >= 15 is 0 Å². The Morgan fingerprint density at radius 2 is 2.10 bits per heavy atom. The Morgan fingerprint density at radius 3 is 2.86 bits per heavy atom. The molecule has 4 rings (SSSR count). The number of halogens is 1. The number of allylic oxidation sites excluding steroid dienone is 1. The summed E-state index contributed by atoms with van der Waals surface area (Å²) < 4.78 is 12.2. The molecule has 5 nitrogen and oxygen atoms in total. The van der Waals surface area contributed by atoms with E-state index in [0.29, 0.717) is 15.9 Å². The molecule has 0 bridgehead atoms. The van der Waals surface area contributed by atoms with Crippen molar-refractivity contribution in [3.8, 4) is 5.75 Å². The van der Waals surface area contributed by atoms with Crippen molar-refractivity contribution in [3.63, 3.8) is 0 Å². The van der Waals surface area contributed by atoms with E-state index in [2.05, 4.69) is 10.3 Å². The molecule has 29 heavy (non-hydrogen) atoms. The van der Waals surface area contributed by atoms with E-state index in [4.69, 9.17) is 20.8 Å². The maximum atomic E-state index is 12.6. The SMILES string of the molecule is COc1c(/C(C)=C/C(=O)Nc2nc3ccc(Cl)cc3s2)cc2c(C)coc2c1C. The van der Waals surface area contributed by atoms with Gasteiger partial charge in [-0.05, 0) is 56.2 Å². The summed E-state index contributed by atoms with van der Waals surface area (Å²) in [5.74, 6) is 0.444. The van der Waals surface area contributed by atoms with Crippen LogP contribution in [0.2, 0.25) is 5.02 Å². The van der Waals surface area contributed by atoms with Crippen LogP contribution >= 0.6 is 22.9 Å². The van der Waals surface area contributed by atoms with Crippen LogP contribution in [0.1, 0.15) is 23.6 Å². The van der Waals surface area contributed by atoms with Gasteiger partial charge in [-0.3, -0.25) is 10.1 Å². The molecule has 0 fully saturated rings. The molecule has 0 saturated carbocycles. The quantitative estimate of drug-likeness (QED) is 0.385. The molecular formula is C22H19ClN2O3S. The minimum absolute atomic E-state index is 0.253. The third kappa shape index (κ3) is 3.61. The Labute approximate surface area is 176 Å². The predicted octanol–water partition coefficient (Wildman–Crippen LogP) is 6.36. The van der Waals surface area contributed by atoms with Crippen molar-refractivity contribution in [3.05, 3.63) is 58.3 Å². The average Bonchev–Trinajstić information content (AvgIpc) is 3.24. The van der Waals surface area contributed by atoms with Crippen LogP contribution < -0.4 is 10.1 Å². The summed E-state index contributed by atoms with van der Waals surface area (Å²) in [6.07, 6.45) is 3.28. The second kappa shape index (κ2) is 7.54. The number of nitrogens with zero attached hydrogens (tertiary/aromatic N) is 1. The number of carbonyl (C=O) groups excluding carboxylic acids is 1. The van der Waals surface area contributed by atoms with Crippen molar-refractivity contribution >= 4 is 60.7 Å². The van der Waals surface area contributed by atoms with Gasteiger partial charge >= 0.3 is 0 Å². The van der Waals surface area contributed by atoms with E-state index in [1.807, 2.05) is 39.0 Å². The molecule has 0 unspecified atom stereocenters. The van der Waals surface area contributed by atoms with Gasteiger partial charge in [0.2, 0.25) is 5.91 Å². The van der Waals surface area contributed by atoms with Gasteiger partial charge in [0.15, 0.2) is 5.13 Å². The number of nitrogens with one attached hydrogen (secondary N) is 1. The Kier molecular flexibility index (Phi) is 5.06. The molecule has 4 aromatic rings. The number of rotatable bonds is 4. The summed E-state index contributed by atoms with van der Waals surface area (Å²) in [5.41, 5.74) is 5.19. The number of furan rings is 1. The first-order chi connectivity index (χ1) is 13.9. The number of hydrogen-bond donors (Lipinski definition) is 1. The molecule has 2 heterocycles. The van der Waals surface area contributed by atoms with Crippen molar-refractivity contribution in [2.75, 3.05) is 12.4 Å². The summed E-state index contributed by atoms with van der Waals surface area (Å²) in [4.78, 5) is 17.0. The smallest absolute Gasteiger partial charge is 0.250 e. The predicted molar refractivity (Wildman–Crippen MR) is 119 cm³/mol. The van der Waals surface area contributed by atoms with E-state index in [1.54, 1.807) is 25.5 Å². The highest BCUT2D eigenvalue weighted by atomic mass is 35.5. The molecule has 0 aliphatic rings. The van der Waals surface area contributed by atoms with Crippen LogP contribution in [-0.4, -0.2) is 18.0 Å². The average molecular weight is 427 g/mol. The van der Waals surface area contributed by atoms with Crippen molar-refractivity contribution in [2.45, 2.75) is 20.8 Å². The van der Waals surface area contributed by atoms with Crippen LogP contribution in [0.3, 0.4) is 0 Å². The fourth-order valence-corrected chi connectivity index (χ4v) is 4.51. The van der Waals surface area contributed by atoms with Gasteiger partial charge in [-0.25, -0.2) is 4.98 Å². The zero-order chi connectivity index (χ0) is 20.7. The minimum atomic E-state index is -0.253. The molecule has 2 aromatic carbocycles. The molecule has 0 spiro atoms. The molecule has 7 heteroatoms. The van der Waals surface area contributed by atoms with Crippen LogP contribution in [0, 0.1) is 13.8 Å². The van der Waals surface area contributed by atoms with Crippen molar-refractivity contribution in [2.24, 2.45) is 0 Å². The van der Waals surface area contributed by atoms with E-state index in [-0.39, 0.29) is 5.91 Å². The van der Waals surface area contributed by atoms with Gasteiger partial charge in [-0.2, -0.15) is 0 Å². The largest absolute Gasteiger partial charge is 0.496 e. The molecule has 2 aromatic heterocycles. The number of hydrogen-bond acceptors (Lipinski definition) is 5. The summed E-state index contributed by atoms with van der Waals surface area (Å²) >= 11 is 7.40. The van der Waals surface area contributed by atoms with Gasteiger partial charge in [0.05, 0.1) is 23.6 Å². The van der Waals surface area contributed by atoms with Crippen molar-refractivity contribution < 1.29 is 13.9 Å².